The molecule has 0 saturated heterocycles. The zero-order valence-electron chi connectivity index (χ0n) is 6.76. The molecule has 1 aromatic rings. The van der Waals surface area contributed by atoms with Gasteiger partial charge in [0.1, 0.15) is 0 Å². The quantitative estimate of drug-likeness (QED) is 0.672. The van der Waals surface area contributed by atoms with E-state index in [9.17, 15) is 4.39 Å². The molecule has 0 atom stereocenters. The van der Waals surface area contributed by atoms with Crippen molar-refractivity contribution in [3.8, 4) is 11.8 Å². The second-order valence-corrected chi connectivity index (χ2v) is 2.14. The van der Waals surface area contributed by atoms with Crippen LogP contribution in [0.2, 0.25) is 0 Å². The molecule has 0 amide bonds. The Morgan fingerprint density at radius 3 is 3.17 bits per heavy atom. The van der Waals surface area contributed by atoms with Crippen LogP contribution >= 0.6 is 0 Å². The van der Waals surface area contributed by atoms with Gasteiger partial charge in [-0.15, -0.1) is 5.92 Å². The highest BCUT2D eigenvalue weighted by Gasteiger charge is 1.96. The Bertz CT molecular complexity index is 312. The standard InChI is InChI=1S/C9H9FN2/c1-2-3-5-12-9-4-6-11-7-8(9)10/h4,6-7H,5H2,1H3,(H,11,12). The third-order valence-corrected chi connectivity index (χ3v) is 1.32. The van der Waals surface area contributed by atoms with Crippen LogP contribution in [0.25, 0.3) is 0 Å². The van der Waals surface area contributed by atoms with Crippen molar-refractivity contribution in [3.05, 3.63) is 24.3 Å². The van der Waals surface area contributed by atoms with Crippen molar-refractivity contribution in [1.29, 1.82) is 0 Å². The lowest BCUT2D eigenvalue weighted by Gasteiger charge is -2.01. The van der Waals surface area contributed by atoms with Gasteiger partial charge in [0.25, 0.3) is 0 Å². The number of anilines is 1. The number of aromatic nitrogens is 1. The summed E-state index contributed by atoms with van der Waals surface area (Å²) in [6.07, 6.45) is 2.70. The van der Waals surface area contributed by atoms with Crippen LogP contribution < -0.4 is 5.32 Å². The number of halogens is 1. The molecule has 0 saturated carbocycles. The lowest BCUT2D eigenvalue weighted by Crippen LogP contribution is -2.00. The normalized spacial score (nSPS) is 8.50. The number of pyridine rings is 1. The molecule has 62 valence electrons. The van der Waals surface area contributed by atoms with E-state index in [-0.39, 0.29) is 5.82 Å². The first-order chi connectivity index (χ1) is 5.84. The minimum Gasteiger partial charge on any atom is -0.372 e. The van der Waals surface area contributed by atoms with Gasteiger partial charge < -0.3 is 5.32 Å². The Hall–Kier alpha value is -1.56. The zero-order valence-corrected chi connectivity index (χ0v) is 6.76. The highest BCUT2D eigenvalue weighted by molar-refractivity contribution is 5.43. The molecule has 1 rings (SSSR count). The number of hydrogen-bond acceptors (Lipinski definition) is 2. The summed E-state index contributed by atoms with van der Waals surface area (Å²) in [5, 5.41) is 2.83. The van der Waals surface area contributed by atoms with Crippen molar-refractivity contribution >= 4 is 5.69 Å². The molecule has 3 heteroatoms. The second-order valence-electron chi connectivity index (χ2n) is 2.14. The fourth-order valence-corrected chi connectivity index (χ4v) is 0.746. The van der Waals surface area contributed by atoms with E-state index >= 15 is 0 Å². The van der Waals surface area contributed by atoms with E-state index in [4.69, 9.17) is 0 Å². The maximum atomic E-state index is 12.8. The maximum Gasteiger partial charge on any atom is 0.164 e. The van der Waals surface area contributed by atoms with Crippen molar-refractivity contribution in [1.82, 2.24) is 4.98 Å². The third kappa shape index (κ3) is 2.24. The molecule has 1 heterocycles. The van der Waals surface area contributed by atoms with Gasteiger partial charge in [-0.1, -0.05) is 5.92 Å². The minimum absolute atomic E-state index is 0.351. The van der Waals surface area contributed by atoms with Gasteiger partial charge >= 0.3 is 0 Å². The molecule has 0 aromatic carbocycles. The summed E-state index contributed by atoms with van der Waals surface area (Å²) in [6, 6.07) is 1.58. The summed E-state index contributed by atoms with van der Waals surface area (Å²) < 4.78 is 12.8. The average molecular weight is 164 g/mol. The first-order valence-corrected chi connectivity index (χ1v) is 3.57. The van der Waals surface area contributed by atoms with Gasteiger partial charge in [-0.05, 0) is 13.0 Å². The van der Waals surface area contributed by atoms with Crippen LogP contribution in [0, 0.1) is 17.7 Å². The summed E-state index contributed by atoms with van der Waals surface area (Å²) in [5.41, 5.74) is 0.438. The third-order valence-electron chi connectivity index (χ3n) is 1.32. The maximum absolute atomic E-state index is 12.8. The molecule has 0 spiro atoms. The van der Waals surface area contributed by atoms with Gasteiger partial charge in [0.2, 0.25) is 0 Å². The van der Waals surface area contributed by atoms with Gasteiger partial charge in [0, 0.05) is 6.20 Å². The summed E-state index contributed by atoms with van der Waals surface area (Å²) >= 11 is 0. The Kier molecular flexibility index (Phi) is 3.09. The number of nitrogens with zero attached hydrogens (tertiary/aromatic N) is 1. The molecule has 0 aliphatic heterocycles. The van der Waals surface area contributed by atoms with Gasteiger partial charge in [0.15, 0.2) is 5.82 Å². The molecule has 12 heavy (non-hydrogen) atoms. The Morgan fingerprint density at radius 1 is 1.67 bits per heavy atom. The predicted octanol–water partition coefficient (Wildman–Crippen LogP) is 1.66. The molecule has 2 nitrogen and oxygen atoms in total. The van der Waals surface area contributed by atoms with Crippen LogP contribution in [-0.2, 0) is 0 Å². The van der Waals surface area contributed by atoms with Gasteiger partial charge in [0.05, 0.1) is 18.4 Å². The molecule has 0 aliphatic carbocycles. The molecule has 0 bridgehead atoms. The van der Waals surface area contributed by atoms with Crippen LogP contribution in [0.5, 0.6) is 0 Å². The molecule has 0 unspecified atom stereocenters. The molecular formula is C9H9FN2. The molecule has 1 aromatic heterocycles. The van der Waals surface area contributed by atoms with E-state index in [1.165, 1.54) is 12.4 Å². The Balaban J connectivity index is 2.61. The minimum atomic E-state index is -0.351. The molecule has 0 radical (unpaired) electrons. The van der Waals surface area contributed by atoms with Crippen LogP contribution in [0.4, 0.5) is 10.1 Å². The Labute approximate surface area is 70.8 Å². The largest absolute Gasteiger partial charge is 0.372 e. The van der Waals surface area contributed by atoms with E-state index in [0.717, 1.165) is 0 Å². The van der Waals surface area contributed by atoms with Crippen molar-refractivity contribution < 1.29 is 4.39 Å². The topological polar surface area (TPSA) is 24.9 Å². The van der Waals surface area contributed by atoms with Crippen LogP contribution in [0.15, 0.2) is 18.5 Å². The predicted molar refractivity (Wildman–Crippen MR) is 46.1 cm³/mol. The van der Waals surface area contributed by atoms with Gasteiger partial charge in [-0.3, -0.25) is 4.98 Å². The van der Waals surface area contributed by atoms with Crippen LogP contribution in [0.3, 0.4) is 0 Å². The highest BCUT2D eigenvalue weighted by Crippen LogP contribution is 2.09. The summed E-state index contributed by atoms with van der Waals surface area (Å²) in [6.45, 7) is 2.20. The zero-order chi connectivity index (χ0) is 8.81. The molecular weight excluding hydrogens is 155 g/mol. The molecule has 0 fully saturated rings. The number of nitrogens with one attached hydrogen (secondary N) is 1. The van der Waals surface area contributed by atoms with Crippen molar-refractivity contribution in [2.75, 3.05) is 11.9 Å². The summed E-state index contributed by atoms with van der Waals surface area (Å²) in [7, 11) is 0. The lowest BCUT2D eigenvalue weighted by atomic mass is 10.4. The van der Waals surface area contributed by atoms with Gasteiger partial charge in [-0.25, -0.2) is 4.39 Å². The average Bonchev–Trinajstić information content (AvgIpc) is 2.09. The Morgan fingerprint density at radius 2 is 2.50 bits per heavy atom. The number of rotatable bonds is 2. The smallest absolute Gasteiger partial charge is 0.164 e. The highest BCUT2D eigenvalue weighted by atomic mass is 19.1. The van der Waals surface area contributed by atoms with Crippen molar-refractivity contribution in [2.45, 2.75) is 6.92 Å². The van der Waals surface area contributed by atoms with E-state index in [1.807, 2.05) is 0 Å². The van der Waals surface area contributed by atoms with Crippen LogP contribution in [-0.4, -0.2) is 11.5 Å². The van der Waals surface area contributed by atoms with Crippen LogP contribution in [0.1, 0.15) is 6.92 Å². The van der Waals surface area contributed by atoms with Crippen molar-refractivity contribution in [3.63, 3.8) is 0 Å². The van der Waals surface area contributed by atoms with E-state index in [1.54, 1.807) is 13.0 Å². The molecule has 0 aliphatic rings. The fourth-order valence-electron chi connectivity index (χ4n) is 0.746. The summed E-state index contributed by atoms with van der Waals surface area (Å²) in [4.78, 5) is 3.62. The van der Waals surface area contributed by atoms with E-state index in [2.05, 4.69) is 22.1 Å². The molecule has 1 N–H and O–H groups in total. The van der Waals surface area contributed by atoms with E-state index in [0.29, 0.717) is 12.2 Å². The number of hydrogen-bond donors (Lipinski definition) is 1. The van der Waals surface area contributed by atoms with Gasteiger partial charge in [-0.2, -0.15) is 0 Å². The van der Waals surface area contributed by atoms with E-state index < -0.39 is 0 Å². The second kappa shape index (κ2) is 4.35. The lowest BCUT2D eigenvalue weighted by molar-refractivity contribution is 0.624. The SMILES string of the molecule is CC#CCNc1ccncc1F. The first-order valence-electron chi connectivity index (χ1n) is 3.57. The first kappa shape index (κ1) is 8.54. The van der Waals surface area contributed by atoms with Crippen molar-refractivity contribution in [2.24, 2.45) is 0 Å². The monoisotopic (exact) mass is 164 g/mol. The summed E-state index contributed by atoms with van der Waals surface area (Å²) in [5.74, 6) is 5.13. The fraction of sp³-hybridized carbons (Fsp3) is 0.222.